The minimum Gasteiger partial charge on any atom is -0.496 e. The molecule has 0 aromatic heterocycles. The van der Waals surface area contributed by atoms with E-state index in [9.17, 15) is 9.18 Å². The smallest absolute Gasteiger partial charge is 0.244 e. The summed E-state index contributed by atoms with van der Waals surface area (Å²) in [7, 11) is 1.50. The van der Waals surface area contributed by atoms with Gasteiger partial charge in [0, 0.05) is 10.0 Å². The molecule has 2 unspecified atom stereocenters. The molecular weight excluding hydrogens is 375 g/mol. The molecule has 24 heavy (non-hydrogen) atoms. The fraction of sp³-hybridized carbons (Fsp3) is 0.278. The third-order valence-corrected chi connectivity index (χ3v) is 4.45. The molecule has 0 fully saturated rings. The van der Waals surface area contributed by atoms with E-state index in [2.05, 4.69) is 21.2 Å². The second-order valence-corrected chi connectivity index (χ2v) is 6.71. The van der Waals surface area contributed by atoms with E-state index >= 15 is 0 Å². The van der Waals surface area contributed by atoms with Crippen molar-refractivity contribution in [1.29, 1.82) is 0 Å². The van der Waals surface area contributed by atoms with Crippen molar-refractivity contribution in [2.24, 2.45) is 5.73 Å². The number of amides is 1. The molecule has 0 radical (unpaired) electrons. The maximum absolute atomic E-state index is 13.5. The van der Waals surface area contributed by atoms with Crippen LogP contribution in [0.2, 0.25) is 0 Å². The maximum atomic E-state index is 13.5. The first kappa shape index (κ1) is 18.4. The van der Waals surface area contributed by atoms with Crippen molar-refractivity contribution in [3.63, 3.8) is 0 Å². The van der Waals surface area contributed by atoms with Gasteiger partial charge in [-0.25, -0.2) is 4.39 Å². The van der Waals surface area contributed by atoms with Crippen molar-refractivity contribution in [2.75, 3.05) is 7.11 Å². The van der Waals surface area contributed by atoms with E-state index in [0.717, 1.165) is 4.47 Å². The molecule has 1 amide bonds. The fourth-order valence-corrected chi connectivity index (χ4v) is 2.66. The third-order valence-electron chi connectivity index (χ3n) is 3.92. The first-order valence-corrected chi connectivity index (χ1v) is 8.24. The lowest BCUT2D eigenvalue weighted by molar-refractivity contribution is -0.126. The van der Waals surface area contributed by atoms with E-state index in [1.807, 2.05) is 12.1 Å². The van der Waals surface area contributed by atoms with E-state index < -0.39 is 17.4 Å². The predicted molar refractivity (Wildman–Crippen MR) is 95.2 cm³/mol. The Kier molecular flexibility index (Phi) is 5.62. The number of methoxy groups -OCH3 is 1. The topological polar surface area (TPSA) is 64.3 Å². The van der Waals surface area contributed by atoms with E-state index in [-0.39, 0.29) is 5.91 Å². The van der Waals surface area contributed by atoms with Crippen LogP contribution in [0.4, 0.5) is 4.39 Å². The van der Waals surface area contributed by atoms with Gasteiger partial charge in [0.15, 0.2) is 0 Å². The molecule has 0 aliphatic carbocycles. The molecule has 128 valence electrons. The highest BCUT2D eigenvalue weighted by Gasteiger charge is 2.32. The lowest BCUT2D eigenvalue weighted by Gasteiger charge is -2.27. The number of hydrogen-bond acceptors (Lipinski definition) is 3. The van der Waals surface area contributed by atoms with Gasteiger partial charge in [-0.05, 0) is 49.7 Å². The minimum absolute atomic E-state index is 0.358. The summed E-state index contributed by atoms with van der Waals surface area (Å²) < 4.78 is 19.7. The molecule has 2 rings (SSSR count). The molecule has 6 heteroatoms. The highest BCUT2D eigenvalue weighted by atomic mass is 79.9. The van der Waals surface area contributed by atoms with Crippen LogP contribution in [-0.2, 0) is 10.3 Å². The van der Waals surface area contributed by atoms with Gasteiger partial charge in [0.25, 0.3) is 0 Å². The largest absolute Gasteiger partial charge is 0.496 e. The number of ether oxygens (including phenoxy) is 1. The van der Waals surface area contributed by atoms with Crippen LogP contribution < -0.4 is 15.8 Å². The Morgan fingerprint density at radius 3 is 2.50 bits per heavy atom. The molecule has 0 saturated carbocycles. The molecule has 2 aromatic carbocycles. The maximum Gasteiger partial charge on any atom is 0.244 e. The summed E-state index contributed by atoms with van der Waals surface area (Å²) in [5.74, 6) is -0.245. The average Bonchev–Trinajstić information content (AvgIpc) is 2.55. The lowest BCUT2D eigenvalue weighted by atomic mass is 9.91. The fourth-order valence-electron chi connectivity index (χ4n) is 2.40. The molecular formula is C18H20BrFN2O2. The third kappa shape index (κ3) is 3.94. The van der Waals surface area contributed by atoms with Crippen LogP contribution in [0.25, 0.3) is 0 Å². The first-order chi connectivity index (χ1) is 11.3. The predicted octanol–water partition coefficient (Wildman–Crippen LogP) is 3.65. The van der Waals surface area contributed by atoms with Gasteiger partial charge < -0.3 is 15.8 Å². The Balaban J connectivity index is 2.22. The summed E-state index contributed by atoms with van der Waals surface area (Å²) in [4.78, 5) is 12.6. The van der Waals surface area contributed by atoms with Crippen LogP contribution in [0.3, 0.4) is 0 Å². The van der Waals surface area contributed by atoms with Crippen molar-refractivity contribution in [2.45, 2.75) is 25.4 Å². The normalized spacial score (nSPS) is 14.6. The number of nitrogens with one attached hydrogen (secondary N) is 1. The second-order valence-electron chi connectivity index (χ2n) is 5.79. The number of rotatable bonds is 5. The molecule has 0 aliphatic rings. The zero-order valence-electron chi connectivity index (χ0n) is 13.8. The van der Waals surface area contributed by atoms with Crippen molar-refractivity contribution in [3.05, 3.63) is 63.9 Å². The molecule has 4 nitrogen and oxygen atoms in total. The number of nitrogens with two attached hydrogens (primary N) is 1. The highest BCUT2D eigenvalue weighted by molar-refractivity contribution is 9.10. The van der Waals surface area contributed by atoms with Gasteiger partial charge >= 0.3 is 0 Å². The average molecular weight is 395 g/mol. The van der Waals surface area contributed by atoms with Crippen molar-refractivity contribution >= 4 is 21.8 Å². The van der Waals surface area contributed by atoms with Gasteiger partial charge in [0.1, 0.15) is 17.1 Å². The quantitative estimate of drug-likeness (QED) is 0.813. The SMILES string of the molecule is COc1ccc(F)cc1C(C)NC(=O)C(C)(N)c1ccc(Br)cc1. The van der Waals surface area contributed by atoms with E-state index in [0.29, 0.717) is 16.9 Å². The van der Waals surface area contributed by atoms with Gasteiger partial charge in [-0.1, -0.05) is 28.1 Å². The number of hydrogen-bond donors (Lipinski definition) is 2. The second kappa shape index (κ2) is 7.32. The van der Waals surface area contributed by atoms with Crippen molar-refractivity contribution in [3.8, 4) is 5.75 Å². The number of benzene rings is 2. The van der Waals surface area contributed by atoms with Crippen LogP contribution >= 0.6 is 15.9 Å². The number of halogens is 2. The van der Waals surface area contributed by atoms with Crippen molar-refractivity contribution < 1.29 is 13.9 Å². The Morgan fingerprint density at radius 2 is 1.92 bits per heavy atom. The van der Waals surface area contributed by atoms with Gasteiger partial charge in [-0.15, -0.1) is 0 Å². The van der Waals surface area contributed by atoms with Gasteiger partial charge in [0.05, 0.1) is 13.2 Å². The molecule has 3 N–H and O–H groups in total. The summed E-state index contributed by atoms with van der Waals surface area (Å²) >= 11 is 3.35. The summed E-state index contributed by atoms with van der Waals surface area (Å²) in [6, 6.07) is 11.0. The minimum atomic E-state index is -1.21. The van der Waals surface area contributed by atoms with Crippen LogP contribution in [0, 0.1) is 5.82 Å². The highest BCUT2D eigenvalue weighted by Crippen LogP contribution is 2.27. The Hall–Kier alpha value is -1.92. The zero-order valence-corrected chi connectivity index (χ0v) is 15.4. The summed E-state index contributed by atoms with van der Waals surface area (Å²) in [6.45, 7) is 3.40. The standard InChI is InChI=1S/C18H20BrFN2O2/c1-11(15-10-14(20)8-9-16(15)24-3)22-17(23)18(2,21)12-4-6-13(19)7-5-12/h4-11H,21H2,1-3H3,(H,22,23). The van der Waals surface area contributed by atoms with Gasteiger partial charge in [-0.3, -0.25) is 4.79 Å². The van der Waals surface area contributed by atoms with Crippen LogP contribution in [-0.4, -0.2) is 13.0 Å². The van der Waals surface area contributed by atoms with Crippen LogP contribution in [0.1, 0.15) is 31.0 Å². The zero-order chi connectivity index (χ0) is 17.9. The Morgan fingerprint density at radius 1 is 1.29 bits per heavy atom. The molecule has 0 saturated heterocycles. The molecule has 0 heterocycles. The number of carbonyl (C=O) groups is 1. The summed E-state index contributed by atoms with van der Waals surface area (Å²) in [5, 5.41) is 2.83. The van der Waals surface area contributed by atoms with E-state index in [1.54, 1.807) is 26.0 Å². The van der Waals surface area contributed by atoms with Crippen LogP contribution in [0.15, 0.2) is 46.9 Å². The molecule has 2 aromatic rings. The lowest BCUT2D eigenvalue weighted by Crippen LogP contribution is -2.49. The first-order valence-electron chi connectivity index (χ1n) is 7.45. The molecule has 0 spiro atoms. The van der Waals surface area contributed by atoms with Gasteiger partial charge in [0.2, 0.25) is 5.91 Å². The summed E-state index contributed by atoms with van der Waals surface area (Å²) in [5.41, 5.74) is 6.25. The monoisotopic (exact) mass is 394 g/mol. The molecule has 0 aliphatic heterocycles. The van der Waals surface area contributed by atoms with Crippen LogP contribution in [0.5, 0.6) is 5.75 Å². The number of carbonyl (C=O) groups excluding carboxylic acids is 1. The summed E-state index contributed by atoms with van der Waals surface area (Å²) in [6.07, 6.45) is 0. The van der Waals surface area contributed by atoms with Gasteiger partial charge in [-0.2, -0.15) is 0 Å². The van der Waals surface area contributed by atoms with E-state index in [4.69, 9.17) is 10.5 Å². The van der Waals surface area contributed by atoms with E-state index in [1.165, 1.54) is 25.3 Å². The Labute approximate surface area is 149 Å². The Bertz CT molecular complexity index is 732. The molecule has 2 atom stereocenters. The van der Waals surface area contributed by atoms with Crippen molar-refractivity contribution in [1.82, 2.24) is 5.32 Å². The molecule has 0 bridgehead atoms.